The molecule has 0 saturated carbocycles. The lowest BCUT2D eigenvalue weighted by atomic mass is 10.4. The largest absolute Gasteiger partial charge is 0.250 e. The molecule has 0 atom stereocenters. The van der Waals surface area contributed by atoms with E-state index in [4.69, 9.17) is 0 Å². The summed E-state index contributed by atoms with van der Waals surface area (Å²) in [5.74, 6) is 0. The minimum atomic E-state index is 0. The molecule has 0 unspecified atom stereocenters. The van der Waals surface area contributed by atoms with E-state index in [0.717, 1.165) is 0 Å². The van der Waals surface area contributed by atoms with Crippen LogP contribution in [0.1, 0.15) is 27.3 Å². The van der Waals surface area contributed by atoms with Crippen LogP contribution in [0.25, 0.3) is 0 Å². The number of aromatic nitrogens is 3. The van der Waals surface area contributed by atoms with Gasteiger partial charge >= 0.3 is 0 Å². The highest BCUT2D eigenvalue weighted by molar-refractivity contribution is 4.66. The van der Waals surface area contributed by atoms with Gasteiger partial charge in [0.25, 0.3) is 0 Å². The van der Waals surface area contributed by atoms with Crippen molar-refractivity contribution < 1.29 is 0 Å². The van der Waals surface area contributed by atoms with Crippen molar-refractivity contribution in [3.05, 3.63) is 12.4 Å². The number of hydrogen-bond acceptors (Lipinski definition) is 2. The van der Waals surface area contributed by atoms with Crippen LogP contribution in [-0.2, 0) is 0 Å². The molecule has 52 valence electrons. The summed E-state index contributed by atoms with van der Waals surface area (Å²) in [4.78, 5) is 0. The Bertz CT molecular complexity index is 143. The molecule has 1 rings (SSSR count). The second-order valence-electron chi connectivity index (χ2n) is 1.98. The average molecular weight is 127 g/mol. The van der Waals surface area contributed by atoms with Gasteiger partial charge in [0, 0.05) is 12.2 Å². The summed E-state index contributed by atoms with van der Waals surface area (Å²) in [5, 5.41) is 7.44. The molecule has 0 radical (unpaired) electrons. The van der Waals surface area contributed by atoms with Gasteiger partial charge in [-0.15, -0.1) is 5.10 Å². The Labute approximate surface area is 55.7 Å². The van der Waals surface area contributed by atoms with Crippen LogP contribution in [0.3, 0.4) is 0 Å². The summed E-state index contributed by atoms with van der Waals surface area (Å²) in [6.07, 6.45) is 3.53. The highest BCUT2D eigenvalue weighted by Gasteiger charge is 1.92. The highest BCUT2D eigenvalue weighted by atomic mass is 15.4. The Morgan fingerprint density at radius 2 is 2.11 bits per heavy atom. The molecule has 0 saturated heterocycles. The molecule has 0 amide bonds. The Morgan fingerprint density at radius 3 is 2.33 bits per heavy atom. The second-order valence-corrected chi connectivity index (χ2v) is 1.98. The van der Waals surface area contributed by atoms with E-state index in [-0.39, 0.29) is 7.43 Å². The highest BCUT2D eigenvalue weighted by Crippen LogP contribution is 1.96. The van der Waals surface area contributed by atoms with Crippen LogP contribution in [0.2, 0.25) is 0 Å². The molecule has 9 heavy (non-hydrogen) atoms. The van der Waals surface area contributed by atoms with Crippen LogP contribution in [0.15, 0.2) is 12.4 Å². The van der Waals surface area contributed by atoms with Gasteiger partial charge in [-0.25, -0.2) is 0 Å². The second kappa shape index (κ2) is 3.22. The molecule has 1 aromatic rings. The molecule has 0 N–H and O–H groups in total. The third-order valence-corrected chi connectivity index (χ3v) is 0.970. The number of hydrogen-bond donors (Lipinski definition) is 0. The summed E-state index contributed by atoms with van der Waals surface area (Å²) in [6, 6.07) is 0.428. The molecule has 3 nitrogen and oxygen atoms in total. The van der Waals surface area contributed by atoms with Crippen LogP contribution in [0, 0.1) is 0 Å². The van der Waals surface area contributed by atoms with Crippen LogP contribution in [0.5, 0.6) is 0 Å². The van der Waals surface area contributed by atoms with Crippen molar-refractivity contribution >= 4 is 0 Å². The predicted octanol–water partition coefficient (Wildman–Crippen LogP) is 1.50. The van der Waals surface area contributed by atoms with E-state index in [1.54, 1.807) is 10.9 Å². The van der Waals surface area contributed by atoms with E-state index < -0.39 is 0 Å². The quantitative estimate of drug-likeness (QED) is 0.572. The summed E-state index contributed by atoms with van der Waals surface area (Å²) in [7, 11) is 0. The van der Waals surface area contributed by atoms with Gasteiger partial charge in [0.2, 0.25) is 0 Å². The minimum absolute atomic E-state index is 0. The third-order valence-electron chi connectivity index (χ3n) is 0.970. The molecule has 0 fully saturated rings. The number of rotatable bonds is 1. The van der Waals surface area contributed by atoms with Crippen LogP contribution < -0.4 is 0 Å². The zero-order chi connectivity index (χ0) is 5.98. The average Bonchev–Trinajstić information content (AvgIpc) is 2.12. The van der Waals surface area contributed by atoms with Crippen molar-refractivity contribution in [2.45, 2.75) is 27.3 Å². The van der Waals surface area contributed by atoms with E-state index in [1.165, 1.54) is 0 Å². The molecule has 0 bridgehead atoms. The standard InChI is InChI=1S/C5H9N3.CH4/c1-5(2)8-4-3-6-7-8;/h3-5H,1-2H3;1H4. The van der Waals surface area contributed by atoms with Gasteiger partial charge in [-0.1, -0.05) is 12.6 Å². The van der Waals surface area contributed by atoms with Crippen molar-refractivity contribution in [3.63, 3.8) is 0 Å². The van der Waals surface area contributed by atoms with Gasteiger partial charge < -0.3 is 0 Å². The van der Waals surface area contributed by atoms with E-state index in [2.05, 4.69) is 24.2 Å². The maximum Gasteiger partial charge on any atom is 0.0693 e. The van der Waals surface area contributed by atoms with Crippen LogP contribution in [0.4, 0.5) is 0 Å². The summed E-state index contributed by atoms with van der Waals surface area (Å²) in [6.45, 7) is 4.13. The normalized spacial score (nSPS) is 9.22. The van der Waals surface area contributed by atoms with Gasteiger partial charge in [0.1, 0.15) is 0 Å². The maximum absolute atomic E-state index is 3.78. The van der Waals surface area contributed by atoms with E-state index in [9.17, 15) is 0 Å². The SMILES string of the molecule is C.CC(C)n1ccnn1. The molecular formula is C6H13N3. The molecule has 1 aromatic heterocycles. The molecule has 0 aromatic carbocycles. The summed E-state index contributed by atoms with van der Waals surface area (Å²) < 4.78 is 1.81. The molecular weight excluding hydrogens is 114 g/mol. The Kier molecular flexibility index (Phi) is 2.91. The lowest BCUT2D eigenvalue weighted by Gasteiger charge is -2.00. The van der Waals surface area contributed by atoms with Crippen molar-refractivity contribution in [2.75, 3.05) is 0 Å². The molecule has 3 heteroatoms. The van der Waals surface area contributed by atoms with Crippen molar-refractivity contribution in [2.24, 2.45) is 0 Å². The number of nitrogens with zero attached hydrogens (tertiary/aromatic N) is 3. The fourth-order valence-corrected chi connectivity index (χ4v) is 0.493. The third kappa shape index (κ3) is 1.83. The van der Waals surface area contributed by atoms with E-state index in [0.29, 0.717) is 6.04 Å². The van der Waals surface area contributed by atoms with Gasteiger partial charge in [-0.05, 0) is 13.8 Å². The Morgan fingerprint density at radius 1 is 1.44 bits per heavy atom. The van der Waals surface area contributed by atoms with Gasteiger partial charge in [-0.2, -0.15) is 0 Å². The Hall–Kier alpha value is -0.860. The summed E-state index contributed by atoms with van der Waals surface area (Å²) in [5.41, 5.74) is 0. The zero-order valence-corrected chi connectivity index (χ0v) is 5.07. The van der Waals surface area contributed by atoms with Crippen molar-refractivity contribution in [1.82, 2.24) is 15.0 Å². The van der Waals surface area contributed by atoms with Gasteiger partial charge in [0.15, 0.2) is 0 Å². The Balaban J connectivity index is 0.000000640. The predicted molar refractivity (Wildman–Crippen MR) is 37.1 cm³/mol. The van der Waals surface area contributed by atoms with Crippen LogP contribution in [-0.4, -0.2) is 15.0 Å². The molecule has 0 aliphatic rings. The first-order valence-electron chi connectivity index (χ1n) is 2.66. The summed E-state index contributed by atoms with van der Waals surface area (Å²) >= 11 is 0. The van der Waals surface area contributed by atoms with Gasteiger partial charge in [-0.3, -0.25) is 4.68 Å². The first-order chi connectivity index (χ1) is 3.80. The molecule has 0 aliphatic heterocycles. The topological polar surface area (TPSA) is 30.7 Å². The van der Waals surface area contributed by atoms with E-state index in [1.807, 2.05) is 6.20 Å². The molecule has 1 heterocycles. The lowest BCUT2D eigenvalue weighted by Crippen LogP contribution is -2.00. The monoisotopic (exact) mass is 127 g/mol. The van der Waals surface area contributed by atoms with Crippen molar-refractivity contribution in [1.29, 1.82) is 0 Å². The molecule has 0 spiro atoms. The molecule has 0 aliphatic carbocycles. The first-order valence-corrected chi connectivity index (χ1v) is 2.66. The first kappa shape index (κ1) is 8.14. The van der Waals surface area contributed by atoms with Crippen LogP contribution >= 0.6 is 0 Å². The smallest absolute Gasteiger partial charge is 0.0693 e. The van der Waals surface area contributed by atoms with E-state index >= 15 is 0 Å². The fourth-order valence-electron chi connectivity index (χ4n) is 0.493. The fraction of sp³-hybridized carbons (Fsp3) is 0.667. The minimum Gasteiger partial charge on any atom is -0.250 e. The lowest BCUT2D eigenvalue weighted by molar-refractivity contribution is 0.514. The van der Waals surface area contributed by atoms with Gasteiger partial charge in [0.05, 0.1) is 6.20 Å². The maximum atomic E-state index is 3.78. The zero-order valence-electron chi connectivity index (χ0n) is 5.07. The van der Waals surface area contributed by atoms with Crippen molar-refractivity contribution in [3.8, 4) is 0 Å².